The van der Waals surface area contributed by atoms with Gasteiger partial charge in [0.05, 0.1) is 48.4 Å². The van der Waals surface area contributed by atoms with Crippen LogP contribution in [0.15, 0.2) is 218 Å². The number of hydrogen-bond acceptors (Lipinski definition) is 24. The van der Waals surface area contributed by atoms with Gasteiger partial charge in [-0.2, -0.15) is 0 Å². The van der Waals surface area contributed by atoms with Gasteiger partial charge in [0, 0.05) is 75.9 Å². The van der Waals surface area contributed by atoms with Gasteiger partial charge in [0.15, 0.2) is 6.10 Å². The van der Waals surface area contributed by atoms with Crippen LogP contribution in [-0.4, -0.2) is 174 Å². The molecule has 11 rings (SSSR count). The first kappa shape index (κ1) is 90.4. The topological polar surface area (TPSA) is 231 Å². The van der Waals surface area contributed by atoms with Crippen molar-refractivity contribution in [3.05, 3.63) is 232 Å². The summed E-state index contributed by atoms with van der Waals surface area (Å²) in [7, 11) is 1.47. The molecule has 25 heteroatoms. The van der Waals surface area contributed by atoms with Crippen molar-refractivity contribution >= 4 is 105 Å². The average molecular weight is 1600 g/mol. The second-order valence-corrected chi connectivity index (χ2v) is 31.4. The predicted molar refractivity (Wildman–Crippen MR) is 451 cm³/mol. The van der Waals surface area contributed by atoms with E-state index < -0.39 is 33.4 Å². The molecule has 21 nitrogen and oxygen atoms in total. The molecule has 0 amide bonds. The lowest BCUT2D eigenvalue weighted by molar-refractivity contribution is -0.159. The fourth-order valence-electron chi connectivity index (χ4n) is 12.4. The summed E-state index contributed by atoms with van der Waals surface area (Å²) in [5.41, 5.74) is 9.33. The molecule has 4 aliphatic rings. The van der Waals surface area contributed by atoms with E-state index in [1.807, 2.05) is 270 Å². The Morgan fingerprint density at radius 3 is 1.65 bits per heavy atom. The summed E-state index contributed by atoms with van der Waals surface area (Å²) in [6.45, 7) is 31.2. The summed E-state index contributed by atoms with van der Waals surface area (Å²) in [6.07, 6.45) is 6.34. The number of methoxy groups -OCH3 is 1. The van der Waals surface area contributed by atoms with Gasteiger partial charge in [-0.1, -0.05) is 205 Å². The number of oxime groups is 5. The van der Waals surface area contributed by atoms with E-state index in [2.05, 4.69) is 47.7 Å². The van der Waals surface area contributed by atoms with Crippen molar-refractivity contribution in [2.75, 3.05) is 84.5 Å². The van der Waals surface area contributed by atoms with Crippen LogP contribution in [0.1, 0.15) is 160 Å². The van der Waals surface area contributed by atoms with Crippen LogP contribution in [-0.2, 0) is 68.8 Å². The van der Waals surface area contributed by atoms with Crippen LogP contribution in [0.3, 0.4) is 0 Å². The fourth-order valence-corrected chi connectivity index (χ4v) is 14.6. The molecule has 0 aromatic heterocycles. The van der Waals surface area contributed by atoms with E-state index in [-0.39, 0.29) is 23.9 Å². The third-order valence-electron chi connectivity index (χ3n) is 19.6. The van der Waals surface area contributed by atoms with Crippen molar-refractivity contribution < 1.29 is 62.4 Å². The normalized spacial score (nSPS) is 16.1. The highest BCUT2D eigenvalue weighted by Crippen LogP contribution is 2.37. The van der Waals surface area contributed by atoms with Crippen molar-refractivity contribution in [1.82, 2.24) is 14.7 Å². The van der Waals surface area contributed by atoms with Crippen LogP contribution in [0.5, 0.6) is 5.75 Å². The Morgan fingerprint density at radius 1 is 0.536 bits per heavy atom. The maximum absolute atomic E-state index is 12.7. The molecule has 1 aliphatic carbocycles. The van der Waals surface area contributed by atoms with Crippen molar-refractivity contribution in [3.63, 3.8) is 0 Å². The SMILES string of the molecule is CCN(CC)C(C)(C)C(=O)O/N=C(\C)c1cccc(Cl)c1.CCN(CC)C(C)(C)C(=O)O/N=C1\CCc2ccccc21.COC(C(=O)O/N=C1\CCOc2ccccc21)c1ccccc1.CSC(C)(C(=O)O/N=C1\CCSc2ccccc21)c1ccccc1.CSc1ccc(/C(C)=N/OC(=O)C(C)(C)N2CCOCC2)cc1. The molecule has 0 spiro atoms. The largest absolute Gasteiger partial charge is 0.492 e. The van der Waals surface area contributed by atoms with Crippen molar-refractivity contribution in [3.8, 4) is 5.75 Å². The van der Waals surface area contributed by atoms with Gasteiger partial charge in [0.25, 0.3) is 0 Å². The number of morpholine rings is 1. The van der Waals surface area contributed by atoms with E-state index in [1.54, 1.807) is 30.8 Å². The number of thioether (sulfide) groups is 3. The quantitative estimate of drug-likeness (QED) is 0.0237. The zero-order valence-electron chi connectivity index (χ0n) is 67.3. The van der Waals surface area contributed by atoms with Gasteiger partial charge < -0.3 is 38.4 Å². The minimum atomic E-state index is -0.796. The third kappa shape index (κ3) is 25.1. The number of para-hydroxylation sites is 1. The van der Waals surface area contributed by atoms with E-state index >= 15 is 0 Å². The lowest BCUT2D eigenvalue weighted by atomic mass is 10.0. The number of halogens is 1. The first-order valence-electron chi connectivity index (χ1n) is 37.5. The molecule has 1 fully saturated rings. The standard InChI is InChI=1S/C19H19NO2S2.C18H17NO4.C17H24N2O3S.C17H24N2O2.C16H23ClN2O2/c1-19(23-2,14-8-4-3-5-9-14)18(21)22-20-16-12-13-24-17-11-7-6-10-15(16)17;1-21-17(13-7-3-2-4-8-13)18(20)23-19-15-11-12-22-16-10-6-5-9-14(15)16;1-13(14-5-7-15(23-4)8-6-14)18-22-16(20)17(2,3)19-9-11-21-12-10-19;1-5-19(6-2)17(3,4)16(20)21-18-15-12-11-13-9-7-8-10-14(13)15;1-6-19(7-2)16(4,5)15(20)21-18-12(3)13-9-8-10-14(17)11-13/h3-11H,12-13H2,1-2H3;2-10,17H,11-12H2,1H3;5-8H,9-12H2,1-4H3;7-10H,5-6,11-12H2,1-4H3;8-11H,6-7H2,1-5H3/b20-16+;19-15+;18-13+;18-15+;18-12+. The Kier molecular flexibility index (Phi) is 36.0. The molecular weight excluding hydrogens is 1500 g/mol. The van der Waals surface area contributed by atoms with Crippen LogP contribution < -0.4 is 4.74 Å². The Balaban J connectivity index is 0.000000194. The highest BCUT2D eigenvalue weighted by Gasteiger charge is 2.40. The number of aryl methyl sites for hydroxylation is 1. The minimum absolute atomic E-state index is 0.303. The molecule has 0 radical (unpaired) electrons. The van der Waals surface area contributed by atoms with E-state index in [0.717, 1.165) is 120 Å². The van der Waals surface area contributed by atoms with Gasteiger partial charge in [0.2, 0.25) is 0 Å². The molecule has 2 atom stereocenters. The van der Waals surface area contributed by atoms with Crippen LogP contribution in [0, 0.1) is 0 Å². The maximum atomic E-state index is 12.7. The van der Waals surface area contributed by atoms with E-state index in [9.17, 15) is 24.0 Å². The van der Waals surface area contributed by atoms with Gasteiger partial charge in [-0.3, -0.25) is 14.7 Å². The molecule has 7 aromatic carbocycles. The monoisotopic (exact) mass is 1600 g/mol. The summed E-state index contributed by atoms with van der Waals surface area (Å²) >= 11 is 10.9. The van der Waals surface area contributed by atoms with Crippen LogP contribution >= 0.6 is 46.9 Å². The number of likely N-dealkylation sites (N-methyl/N-ethyl adjacent to an activating group) is 2. The molecule has 598 valence electrons. The Labute approximate surface area is 678 Å². The molecule has 1 saturated heterocycles. The fraction of sp³-hybridized carbons (Fsp3) is 0.402. The van der Waals surface area contributed by atoms with E-state index in [4.69, 9.17) is 50.0 Å². The second kappa shape index (κ2) is 44.6. The van der Waals surface area contributed by atoms with Gasteiger partial charge in [-0.15, -0.1) is 35.3 Å². The molecule has 0 bridgehead atoms. The summed E-state index contributed by atoms with van der Waals surface area (Å²) in [6, 6.07) is 57.9. The zero-order valence-corrected chi connectivity index (χ0v) is 70.5. The Bertz CT molecular complexity index is 4390. The summed E-state index contributed by atoms with van der Waals surface area (Å²) in [4.78, 5) is 96.4. The third-order valence-corrected chi connectivity index (χ3v) is 22.9. The number of carbonyl (C=O) groups excluding carboxylic acids is 5. The molecule has 3 heterocycles. The first-order chi connectivity index (χ1) is 53.7. The molecule has 2 unspecified atom stereocenters. The van der Waals surface area contributed by atoms with Gasteiger partial charge >= 0.3 is 29.8 Å². The van der Waals surface area contributed by atoms with Gasteiger partial charge in [0.1, 0.15) is 27.1 Å². The minimum Gasteiger partial charge on any atom is -0.492 e. The van der Waals surface area contributed by atoms with Crippen molar-refractivity contribution in [2.24, 2.45) is 25.8 Å². The van der Waals surface area contributed by atoms with Crippen LogP contribution in [0.25, 0.3) is 0 Å². The lowest BCUT2D eigenvalue weighted by Gasteiger charge is -2.37. The molecule has 3 aliphatic heterocycles. The second-order valence-electron chi connectivity index (χ2n) is 27.7. The summed E-state index contributed by atoms with van der Waals surface area (Å²) in [5.74, 6) is -0.207. The zero-order chi connectivity index (χ0) is 81.4. The molecule has 0 N–H and O–H groups in total. The first-order valence-corrected chi connectivity index (χ1v) is 41.3. The maximum Gasteiger partial charge on any atom is 0.367 e. The summed E-state index contributed by atoms with van der Waals surface area (Å²) in [5, 5.41) is 20.9. The smallest absolute Gasteiger partial charge is 0.367 e. The number of fused-ring (bicyclic) bond motifs is 3. The number of carbonyl (C=O) groups is 5. The van der Waals surface area contributed by atoms with Crippen LogP contribution in [0.2, 0.25) is 5.02 Å². The molecular formula is C87H107ClN8O13S3. The average Bonchev–Trinajstić information content (AvgIpc) is 1.14. The Morgan fingerprint density at radius 2 is 1.05 bits per heavy atom. The van der Waals surface area contributed by atoms with Crippen molar-refractivity contribution in [2.45, 2.75) is 153 Å². The molecule has 7 aromatic rings. The highest BCUT2D eigenvalue weighted by atomic mass is 35.5. The number of rotatable bonds is 24. The van der Waals surface area contributed by atoms with E-state index in [1.165, 1.54) is 34.2 Å². The van der Waals surface area contributed by atoms with Crippen molar-refractivity contribution in [1.29, 1.82) is 0 Å². The number of nitrogens with zero attached hydrogens (tertiary/aromatic N) is 8. The summed E-state index contributed by atoms with van der Waals surface area (Å²) < 4.78 is 15.3. The van der Waals surface area contributed by atoms with Crippen LogP contribution in [0.4, 0.5) is 0 Å². The molecule has 112 heavy (non-hydrogen) atoms. The highest BCUT2D eigenvalue weighted by molar-refractivity contribution is 8.00. The number of ether oxygens (including phenoxy) is 3. The number of hydrogen-bond donors (Lipinski definition) is 0. The Hall–Kier alpha value is -8.82. The van der Waals surface area contributed by atoms with Gasteiger partial charge in [-0.05, 0) is 179 Å². The molecule has 0 saturated carbocycles. The van der Waals surface area contributed by atoms with E-state index in [0.29, 0.717) is 48.4 Å². The lowest BCUT2D eigenvalue weighted by Crippen LogP contribution is -2.54. The number of benzene rings is 7. The van der Waals surface area contributed by atoms with Gasteiger partial charge in [-0.25, -0.2) is 24.0 Å². The predicted octanol–water partition coefficient (Wildman–Crippen LogP) is 17.3.